The minimum Gasteiger partial charge on any atom is -0.440 e. The van der Waals surface area contributed by atoms with Gasteiger partial charge in [-0.1, -0.05) is 12.8 Å². The number of nitrogens with zero attached hydrogens (tertiary/aromatic N) is 1. The van der Waals surface area contributed by atoms with Gasteiger partial charge < -0.3 is 24.7 Å². The van der Waals surface area contributed by atoms with Crippen molar-refractivity contribution in [2.45, 2.75) is 38.6 Å². The lowest BCUT2D eigenvalue weighted by Gasteiger charge is -2.27. The van der Waals surface area contributed by atoms with E-state index in [0.29, 0.717) is 54.4 Å². The van der Waals surface area contributed by atoms with Crippen LogP contribution in [0.4, 0.5) is 26.0 Å². The lowest BCUT2D eigenvalue weighted by Crippen LogP contribution is -2.36. The van der Waals surface area contributed by atoms with E-state index in [9.17, 15) is 18.4 Å². The second-order valence-electron chi connectivity index (χ2n) is 9.49. The Kier molecular flexibility index (Phi) is 6.91. The first-order valence-electron chi connectivity index (χ1n) is 12.4. The molecule has 2 fully saturated rings. The highest BCUT2D eigenvalue weighted by atomic mass is 19.1. The summed E-state index contributed by atoms with van der Waals surface area (Å²) in [6, 6.07) is 7.55. The maximum Gasteiger partial charge on any atom is 0.227 e. The molecule has 9 heteroatoms. The highest BCUT2D eigenvalue weighted by Gasteiger charge is 2.24. The number of hydrogen-bond donors (Lipinski definition) is 2. The fourth-order valence-corrected chi connectivity index (χ4v) is 5.00. The zero-order valence-electron chi connectivity index (χ0n) is 20.1. The van der Waals surface area contributed by atoms with Crippen molar-refractivity contribution in [3.63, 3.8) is 0 Å². The van der Waals surface area contributed by atoms with Crippen LogP contribution in [0.5, 0.6) is 0 Å². The van der Waals surface area contributed by atoms with E-state index in [1.165, 1.54) is 18.2 Å². The average molecular weight is 498 g/mol. The third-order valence-electron chi connectivity index (χ3n) is 6.87. The van der Waals surface area contributed by atoms with Crippen LogP contribution in [-0.4, -0.2) is 32.2 Å². The number of nitrogens with one attached hydrogen (secondary N) is 2. The number of amides is 1. The molecule has 1 aromatic heterocycles. The predicted molar refractivity (Wildman–Crippen MR) is 134 cm³/mol. The molecule has 2 aliphatic rings. The molecular weight excluding hydrogens is 468 g/mol. The number of hydrogen-bond acceptors (Lipinski definition) is 6. The Bertz CT molecular complexity index is 1310. The summed E-state index contributed by atoms with van der Waals surface area (Å²) in [6.07, 6.45) is 3.75. The van der Waals surface area contributed by atoms with E-state index in [0.717, 1.165) is 31.7 Å². The second-order valence-corrected chi connectivity index (χ2v) is 9.49. The van der Waals surface area contributed by atoms with Gasteiger partial charge in [-0.2, -0.15) is 0 Å². The molecule has 0 spiro atoms. The molecule has 1 aliphatic carbocycles. The molecule has 1 saturated heterocycles. The molecule has 36 heavy (non-hydrogen) atoms. The van der Waals surface area contributed by atoms with E-state index in [4.69, 9.17) is 9.15 Å². The van der Waals surface area contributed by atoms with Crippen molar-refractivity contribution in [3.8, 4) is 0 Å². The van der Waals surface area contributed by atoms with Gasteiger partial charge in [0.1, 0.15) is 17.2 Å². The monoisotopic (exact) mass is 497 g/mol. The molecule has 0 radical (unpaired) electrons. The molecular formula is C27H29F2N3O4. The highest BCUT2D eigenvalue weighted by molar-refractivity contribution is 5.96. The number of rotatable bonds is 6. The van der Waals surface area contributed by atoms with Gasteiger partial charge in [-0.05, 0) is 44.0 Å². The molecule has 5 rings (SSSR count). The number of ether oxygens (including phenoxy) is 1. The number of benzene rings is 2. The van der Waals surface area contributed by atoms with Gasteiger partial charge in [-0.3, -0.25) is 9.59 Å². The smallest absolute Gasteiger partial charge is 0.227 e. The molecule has 190 valence electrons. The van der Waals surface area contributed by atoms with Gasteiger partial charge in [-0.25, -0.2) is 8.78 Å². The van der Waals surface area contributed by atoms with E-state index in [1.807, 2.05) is 11.8 Å². The molecule has 1 amide bonds. The van der Waals surface area contributed by atoms with Gasteiger partial charge in [0.15, 0.2) is 11.3 Å². The Balaban J connectivity index is 1.56. The number of anilines is 3. The quantitative estimate of drug-likeness (QED) is 0.487. The summed E-state index contributed by atoms with van der Waals surface area (Å²) in [6.45, 7) is 4.06. The maximum absolute atomic E-state index is 13.8. The summed E-state index contributed by atoms with van der Waals surface area (Å²) in [4.78, 5) is 28.0. The summed E-state index contributed by atoms with van der Waals surface area (Å²) < 4.78 is 39.3. The van der Waals surface area contributed by atoms with Gasteiger partial charge in [0.05, 0.1) is 24.6 Å². The van der Waals surface area contributed by atoms with Crippen LogP contribution in [0.25, 0.3) is 11.0 Å². The van der Waals surface area contributed by atoms with Gasteiger partial charge >= 0.3 is 0 Å². The third-order valence-corrected chi connectivity index (χ3v) is 6.87. The second kappa shape index (κ2) is 10.3. The molecule has 2 N–H and O–H groups in total. The number of morpholine rings is 1. The summed E-state index contributed by atoms with van der Waals surface area (Å²) >= 11 is 0. The Morgan fingerprint density at radius 3 is 2.39 bits per heavy atom. The standard InChI is InChI=1S/C27H29F2N3O4/c1-16(30-20-11-18(28)10-19(29)12-20)22-13-21(31-27(34)17-4-2-3-5-17)14-23-24(33)15-25(36-26(22)23)32-6-8-35-9-7-32/h10-17,30H,2-9H2,1H3,(H,31,34). The molecule has 1 unspecified atom stereocenters. The minimum absolute atomic E-state index is 0.0462. The van der Waals surface area contributed by atoms with Crippen LogP contribution in [0.3, 0.4) is 0 Å². The summed E-state index contributed by atoms with van der Waals surface area (Å²) in [5, 5.41) is 6.39. The van der Waals surface area contributed by atoms with Crippen molar-refractivity contribution in [1.29, 1.82) is 0 Å². The van der Waals surface area contributed by atoms with Crippen LogP contribution < -0.4 is 21.0 Å². The minimum atomic E-state index is -0.701. The first kappa shape index (κ1) is 24.2. The topological polar surface area (TPSA) is 83.8 Å². The van der Waals surface area contributed by atoms with Crippen LogP contribution in [0, 0.1) is 17.6 Å². The lowest BCUT2D eigenvalue weighted by atomic mass is 10.0. The van der Waals surface area contributed by atoms with E-state index in [-0.39, 0.29) is 22.9 Å². The Hall–Kier alpha value is -3.46. The van der Waals surface area contributed by atoms with Crippen LogP contribution in [0.2, 0.25) is 0 Å². The molecule has 3 aromatic rings. The number of fused-ring (bicyclic) bond motifs is 1. The first-order chi connectivity index (χ1) is 17.4. The van der Waals surface area contributed by atoms with E-state index in [1.54, 1.807) is 12.1 Å². The van der Waals surface area contributed by atoms with Crippen molar-refractivity contribution in [2.75, 3.05) is 41.8 Å². The Labute approximate surface area is 207 Å². The van der Waals surface area contributed by atoms with Crippen LogP contribution in [0.1, 0.15) is 44.2 Å². The number of halogens is 2. The summed E-state index contributed by atoms with van der Waals surface area (Å²) in [5.41, 5.74) is 1.45. The molecule has 1 saturated carbocycles. The number of carbonyl (C=O) groups excluding carboxylic acids is 1. The third kappa shape index (κ3) is 5.21. The SMILES string of the molecule is CC(Nc1cc(F)cc(F)c1)c1cc(NC(=O)C2CCCC2)cc2c(=O)cc(N3CCOCC3)oc12. The molecule has 2 aromatic carbocycles. The molecule has 7 nitrogen and oxygen atoms in total. The Morgan fingerprint density at radius 2 is 1.69 bits per heavy atom. The normalized spacial score (nSPS) is 17.4. The lowest BCUT2D eigenvalue weighted by molar-refractivity contribution is -0.119. The number of carbonyl (C=O) groups is 1. The molecule has 1 aliphatic heterocycles. The zero-order chi connectivity index (χ0) is 25.2. The first-order valence-corrected chi connectivity index (χ1v) is 12.4. The molecule has 0 bridgehead atoms. The van der Waals surface area contributed by atoms with Crippen LogP contribution in [-0.2, 0) is 9.53 Å². The fourth-order valence-electron chi connectivity index (χ4n) is 5.00. The fraction of sp³-hybridized carbons (Fsp3) is 0.407. The predicted octanol–water partition coefficient (Wildman–Crippen LogP) is 5.21. The van der Waals surface area contributed by atoms with E-state index >= 15 is 0 Å². The Morgan fingerprint density at radius 1 is 1.00 bits per heavy atom. The summed E-state index contributed by atoms with van der Waals surface area (Å²) in [5.74, 6) is -1.08. The van der Waals surface area contributed by atoms with E-state index < -0.39 is 17.7 Å². The van der Waals surface area contributed by atoms with Crippen molar-refractivity contribution >= 4 is 34.1 Å². The molecule has 1 atom stereocenters. The molecule has 2 heterocycles. The van der Waals surface area contributed by atoms with Crippen molar-refractivity contribution in [2.24, 2.45) is 5.92 Å². The van der Waals surface area contributed by atoms with Crippen molar-refractivity contribution < 1.29 is 22.7 Å². The van der Waals surface area contributed by atoms with Gasteiger partial charge in [0, 0.05) is 48.1 Å². The van der Waals surface area contributed by atoms with Crippen LogP contribution in [0.15, 0.2) is 45.6 Å². The van der Waals surface area contributed by atoms with Gasteiger partial charge in [0.25, 0.3) is 0 Å². The average Bonchev–Trinajstić information content (AvgIpc) is 3.39. The van der Waals surface area contributed by atoms with E-state index in [2.05, 4.69) is 10.6 Å². The maximum atomic E-state index is 13.8. The summed E-state index contributed by atoms with van der Waals surface area (Å²) in [7, 11) is 0. The van der Waals surface area contributed by atoms with Crippen molar-refractivity contribution in [3.05, 3.63) is 63.8 Å². The van der Waals surface area contributed by atoms with Gasteiger partial charge in [-0.15, -0.1) is 0 Å². The van der Waals surface area contributed by atoms with Crippen LogP contribution >= 0.6 is 0 Å². The highest BCUT2D eigenvalue weighted by Crippen LogP contribution is 2.33. The largest absolute Gasteiger partial charge is 0.440 e. The van der Waals surface area contributed by atoms with Gasteiger partial charge in [0.2, 0.25) is 5.91 Å². The zero-order valence-corrected chi connectivity index (χ0v) is 20.1. The van der Waals surface area contributed by atoms with Crippen molar-refractivity contribution in [1.82, 2.24) is 0 Å².